The largest absolute Gasteiger partial charge is 0.335 e. The lowest BCUT2D eigenvalue weighted by molar-refractivity contribution is 0.236. The number of rotatable bonds is 4. The van der Waals surface area contributed by atoms with E-state index in [0.29, 0.717) is 11.5 Å². The summed E-state index contributed by atoms with van der Waals surface area (Å²) in [5.74, 6) is 0.621. The first kappa shape index (κ1) is 13.6. The summed E-state index contributed by atoms with van der Waals surface area (Å²) in [5, 5.41) is 5.64. The number of urea groups is 1. The first-order chi connectivity index (χ1) is 8.97. The number of amides is 2. The van der Waals surface area contributed by atoms with Crippen LogP contribution in [0.4, 0.5) is 4.79 Å². The van der Waals surface area contributed by atoms with Gasteiger partial charge in [0.1, 0.15) is 0 Å². The van der Waals surface area contributed by atoms with Crippen LogP contribution in [0.3, 0.4) is 0 Å². The molecule has 19 heavy (non-hydrogen) atoms. The van der Waals surface area contributed by atoms with Crippen molar-refractivity contribution in [3.8, 4) is 0 Å². The van der Waals surface area contributed by atoms with E-state index in [0.717, 1.165) is 11.3 Å². The third-order valence-electron chi connectivity index (χ3n) is 3.61. The molecule has 0 aliphatic heterocycles. The number of carbonyl (C=O) groups excluding carboxylic acids is 1. The van der Waals surface area contributed by atoms with Crippen LogP contribution in [-0.2, 0) is 6.54 Å². The molecule has 0 bridgehead atoms. The molecule has 1 fully saturated rings. The summed E-state index contributed by atoms with van der Waals surface area (Å²) in [6.07, 6.45) is 2.39. The van der Waals surface area contributed by atoms with Crippen molar-refractivity contribution in [2.75, 3.05) is 0 Å². The molecule has 1 aliphatic carbocycles. The highest BCUT2D eigenvalue weighted by atomic mass is 16.2. The highest BCUT2D eigenvalue weighted by Gasteiger charge is 2.28. The first-order valence-electron chi connectivity index (χ1n) is 6.71. The molecule has 5 heteroatoms. The van der Waals surface area contributed by atoms with E-state index in [4.69, 9.17) is 0 Å². The molecule has 1 atom stereocenters. The number of aryl methyl sites for hydroxylation is 2. The third kappa shape index (κ3) is 3.59. The van der Waals surface area contributed by atoms with Crippen LogP contribution in [-0.4, -0.2) is 17.1 Å². The molecular formula is C14H21N3O2. The summed E-state index contributed by atoms with van der Waals surface area (Å²) >= 11 is 0. The van der Waals surface area contributed by atoms with Gasteiger partial charge in [0.25, 0.3) is 5.56 Å². The summed E-state index contributed by atoms with van der Waals surface area (Å²) in [6, 6.07) is 1.90. The van der Waals surface area contributed by atoms with Gasteiger partial charge in [0.15, 0.2) is 0 Å². The number of H-pyrrole nitrogens is 1. The van der Waals surface area contributed by atoms with E-state index in [1.165, 1.54) is 12.8 Å². The highest BCUT2D eigenvalue weighted by Crippen LogP contribution is 2.32. The summed E-state index contributed by atoms with van der Waals surface area (Å²) < 4.78 is 0. The number of nitrogens with one attached hydrogen (secondary N) is 3. The Bertz CT molecular complexity index is 532. The number of hydrogen-bond acceptors (Lipinski definition) is 2. The Balaban J connectivity index is 1.91. The zero-order chi connectivity index (χ0) is 14.0. The summed E-state index contributed by atoms with van der Waals surface area (Å²) in [5.41, 5.74) is 2.21. The van der Waals surface area contributed by atoms with Crippen LogP contribution in [0.5, 0.6) is 0 Å². The van der Waals surface area contributed by atoms with Crippen LogP contribution in [0.1, 0.15) is 36.6 Å². The number of pyridine rings is 1. The van der Waals surface area contributed by atoms with Gasteiger partial charge in [0.05, 0.1) is 6.54 Å². The number of hydrogen-bond donors (Lipinski definition) is 3. The van der Waals surface area contributed by atoms with Gasteiger partial charge >= 0.3 is 6.03 Å². The molecule has 0 spiro atoms. The molecule has 1 aromatic heterocycles. The van der Waals surface area contributed by atoms with Crippen LogP contribution >= 0.6 is 0 Å². The summed E-state index contributed by atoms with van der Waals surface area (Å²) in [7, 11) is 0. The van der Waals surface area contributed by atoms with Crippen molar-refractivity contribution in [1.82, 2.24) is 15.6 Å². The maximum atomic E-state index is 11.8. The normalized spacial score (nSPS) is 15.9. The van der Waals surface area contributed by atoms with Crippen LogP contribution in [0, 0.1) is 19.8 Å². The summed E-state index contributed by atoms with van der Waals surface area (Å²) in [6.45, 7) is 5.99. The minimum absolute atomic E-state index is 0.131. The molecule has 5 nitrogen and oxygen atoms in total. The van der Waals surface area contributed by atoms with E-state index in [1.807, 2.05) is 26.8 Å². The standard InChI is InChI=1S/C14H21N3O2/c1-8-6-9(2)16-13(18)12(8)7-15-14(19)17-10(3)11-4-5-11/h6,10-11H,4-5,7H2,1-3H3,(H,16,18)(H2,15,17,19). The molecule has 3 N–H and O–H groups in total. The van der Waals surface area contributed by atoms with E-state index in [9.17, 15) is 9.59 Å². The van der Waals surface area contributed by atoms with Crippen LogP contribution in [0.25, 0.3) is 0 Å². The molecule has 2 amide bonds. The predicted molar refractivity (Wildman–Crippen MR) is 74.1 cm³/mol. The third-order valence-corrected chi connectivity index (χ3v) is 3.61. The van der Waals surface area contributed by atoms with Gasteiger partial charge in [0, 0.05) is 17.3 Å². The molecule has 0 aromatic carbocycles. The molecule has 1 heterocycles. The Morgan fingerprint density at radius 2 is 2.16 bits per heavy atom. The molecule has 1 saturated carbocycles. The Kier molecular flexibility index (Phi) is 3.93. The lowest BCUT2D eigenvalue weighted by Gasteiger charge is -2.14. The van der Waals surface area contributed by atoms with Crippen molar-refractivity contribution in [2.45, 2.75) is 46.2 Å². The zero-order valence-corrected chi connectivity index (χ0v) is 11.7. The van der Waals surface area contributed by atoms with E-state index in [-0.39, 0.29) is 24.2 Å². The van der Waals surface area contributed by atoms with Crippen molar-refractivity contribution in [2.24, 2.45) is 5.92 Å². The Labute approximate surface area is 112 Å². The number of carbonyl (C=O) groups is 1. The Morgan fingerprint density at radius 1 is 1.47 bits per heavy atom. The molecule has 1 aromatic rings. The molecule has 0 saturated heterocycles. The van der Waals surface area contributed by atoms with Crippen molar-refractivity contribution >= 4 is 6.03 Å². The van der Waals surface area contributed by atoms with Crippen molar-refractivity contribution in [3.63, 3.8) is 0 Å². The molecule has 2 rings (SSSR count). The van der Waals surface area contributed by atoms with Gasteiger partial charge < -0.3 is 15.6 Å². The molecular weight excluding hydrogens is 242 g/mol. The molecule has 1 unspecified atom stereocenters. The van der Waals surface area contributed by atoms with Gasteiger partial charge in [-0.15, -0.1) is 0 Å². The van der Waals surface area contributed by atoms with Gasteiger partial charge in [-0.3, -0.25) is 4.79 Å². The second-order valence-electron chi connectivity index (χ2n) is 5.40. The lowest BCUT2D eigenvalue weighted by atomic mass is 10.1. The Hall–Kier alpha value is -1.78. The fourth-order valence-electron chi connectivity index (χ4n) is 2.24. The molecule has 104 valence electrons. The van der Waals surface area contributed by atoms with Crippen molar-refractivity contribution in [3.05, 3.63) is 33.2 Å². The summed E-state index contributed by atoms with van der Waals surface area (Å²) in [4.78, 5) is 26.2. The van der Waals surface area contributed by atoms with Crippen LogP contribution in [0.15, 0.2) is 10.9 Å². The quantitative estimate of drug-likeness (QED) is 0.771. The van der Waals surface area contributed by atoms with Gasteiger partial charge in [-0.1, -0.05) is 0 Å². The monoisotopic (exact) mass is 263 g/mol. The topological polar surface area (TPSA) is 74.0 Å². The zero-order valence-electron chi connectivity index (χ0n) is 11.7. The van der Waals surface area contributed by atoms with Gasteiger partial charge in [-0.2, -0.15) is 0 Å². The Morgan fingerprint density at radius 3 is 2.74 bits per heavy atom. The average Bonchev–Trinajstić information content (AvgIpc) is 3.10. The van der Waals surface area contributed by atoms with E-state index < -0.39 is 0 Å². The van der Waals surface area contributed by atoms with Crippen molar-refractivity contribution in [1.29, 1.82) is 0 Å². The SMILES string of the molecule is Cc1cc(C)c(CNC(=O)NC(C)C2CC2)c(=O)[nH]1. The van der Waals surface area contributed by atoms with Crippen LogP contribution in [0.2, 0.25) is 0 Å². The fraction of sp³-hybridized carbons (Fsp3) is 0.571. The van der Waals surface area contributed by atoms with Gasteiger partial charge in [-0.25, -0.2) is 4.79 Å². The van der Waals surface area contributed by atoms with Gasteiger partial charge in [-0.05, 0) is 51.2 Å². The minimum atomic E-state index is -0.209. The second-order valence-corrected chi connectivity index (χ2v) is 5.40. The average molecular weight is 263 g/mol. The second kappa shape index (κ2) is 5.47. The maximum Gasteiger partial charge on any atom is 0.315 e. The maximum absolute atomic E-state index is 11.8. The first-order valence-corrected chi connectivity index (χ1v) is 6.71. The number of aromatic nitrogens is 1. The highest BCUT2D eigenvalue weighted by molar-refractivity contribution is 5.74. The minimum Gasteiger partial charge on any atom is -0.335 e. The lowest BCUT2D eigenvalue weighted by Crippen LogP contribution is -2.42. The van der Waals surface area contributed by atoms with E-state index in [2.05, 4.69) is 15.6 Å². The predicted octanol–water partition coefficient (Wildman–Crippen LogP) is 1.59. The van der Waals surface area contributed by atoms with E-state index >= 15 is 0 Å². The molecule has 1 aliphatic rings. The molecule has 0 radical (unpaired) electrons. The van der Waals surface area contributed by atoms with Crippen LogP contribution < -0.4 is 16.2 Å². The number of aromatic amines is 1. The van der Waals surface area contributed by atoms with E-state index in [1.54, 1.807) is 0 Å². The van der Waals surface area contributed by atoms with Gasteiger partial charge in [0.2, 0.25) is 0 Å². The smallest absolute Gasteiger partial charge is 0.315 e. The van der Waals surface area contributed by atoms with Crippen molar-refractivity contribution < 1.29 is 4.79 Å². The fourth-order valence-corrected chi connectivity index (χ4v) is 2.24.